The average Bonchev–Trinajstić information content (AvgIpc) is 3.30. The number of rotatable bonds is 6. The summed E-state index contributed by atoms with van der Waals surface area (Å²) in [4.78, 5) is 10.8. The molecule has 1 aliphatic rings. The van der Waals surface area contributed by atoms with Crippen molar-refractivity contribution in [3.63, 3.8) is 0 Å². The number of aliphatic hydroxyl groups excluding tert-OH is 1. The Morgan fingerprint density at radius 1 is 1.28 bits per heavy atom. The third-order valence-electron chi connectivity index (χ3n) is 4.76. The minimum Gasteiger partial charge on any atom is -0.394 e. The lowest BCUT2D eigenvalue weighted by atomic mass is 10.1. The quantitative estimate of drug-likeness (QED) is 0.637. The van der Waals surface area contributed by atoms with Crippen molar-refractivity contribution in [2.24, 2.45) is 0 Å². The Hall–Kier alpha value is -2.67. The molecule has 3 aromatic rings. The fourth-order valence-corrected chi connectivity index (χ4v) is 3.40. The molecule has 3 N–H and O–H groups in total. The van der Waals surface area contributed by atoms with Crippen LogP contribution in [0.15, 0.2) is 36.8 Å². The van der Waals surface area contributed by atoms with Crippen molar-refractivity contribution in [2.75, 3.05) is 29.9 Å². The molecule has 1 fully saturated rings. The van der Waals surface area contributed by atoms with Crippen LogP contribution in [-0.2, 0) is 6.42 Å². The van der Waals surface area contributed by atoms with Gasteiger partial charge in [-0.1, -0.05) is 12.1 Å². The minimum absolute atomic E-state index is 0.169. The van der Waals surface area contributed by atoms with Gasteiger partial charge in [0, 0.05) is 24.5 Å². The SMILES string of the molecule is OCC1CCCN1c1cc(NCCc2ccc3cn[nH]c3c2)ncn1. The maximum absolute atomic E-state index is 9.49. The Morgan fingerprint density at radius 3 is 3.16 bits per heavy atom. The van der Waals surface area contributed by atoms with Crippen molar-refractivity contribution in [1.29, 1.82) is 0 Å². The predicted molar refractivity (Wildman–Crippen MR) is 97.8 cm³/mol. The van der Waals surface area contributed by atoms with Gasteiger partial charge < -0.3 is 15.3 Å². The second-order valence-corrected chi connectivity index (χ2v) is 6.40. The summed E-state index contributed by atoms with van der Waals surface area (Å²) < 4.78 is 0. The first-order chi connectivity index (χ1) is 12.3. The summed E-state index contributed by atoms with van der Waals surface area (Å²) in [6.45, 7) is 1.90. The van der Waals surface area contributed by atoms with E-state index in [-0.39, 0.29) is 12.6 Å². The molecular weight excluding hydrogens is 316 g/mol. The summed E-state index contributed by atoms with van der Waals surface area (Å²) in [6, 6.07) is 8.47. The van der Waals surface area contributed by atoms with Gasteiger partial charge in [-0.2, -0.15) is 5.10 Å². The molecular formula is C18H22N6O. The van der Waals surface area contributed by atoms with Gasteiger partial charge in [-0.05, 0) is 30.9 Å². The summed E-state index contributed by atoms with van der Waals surface area (Å²) in [7, 11) is 0. The van der Waals surface area contributed by atoms with Crippen LogP contribution in [0, 0.1) is 0 Å². The topological polar surface area (TPSA) is 90.0 Å². The van der Waals surface area contributed by atoms with Gasteiger partial charge in [0.25, 0.3) is 0 Å². The Morgan fingerprint density at radius 2 is 2.24 bits per heavy atom. The lowest BCUT2D eigenvalue weighted by Gasteiger charge is -2.24. The van der Waals surface area contributed by atoms with Crippen LogP contribution in [0.3, 0.4) is 0 Å². The molecule has 1 atom stereocenters. The summed E-state index contributed by atoms with van der Waals surface area (Å²) >= 11 is 0. The Bertz CT molecular complexity index is 848. The van der Waals surface area contributed by atoms with Crippen molar-refractivity contribution in [2.45, 2.75) is 25.3 Å². The lowest BCUT2D eigenvalue weighted by molar-refractivity contribution is 0.266. The molecule has 25 heavy (non-hydrogen) atoms. The van der Waals surface area contributed by atoms with E-state index in [1.54, 1.807) is 6.33 Å². The standard InChI is InChI=1S/C18H22N6O/c25-11-15-2-1-7-24(15)18-9-17(20-12-21-18)19-6-5-13-3-4-14-10-22-23-16(14)8-13/h3-4,8-10,12,15,25H,1-2,5-7,11H2,(H,22,23)(H,19,20,21). The van der Waals surface area contributed by atoms with E-state index < -0.39 is 0 Å². The molecule has 1 unspecified atom stereocenters. The van der Waals surface area contributed by atoms with Crippen LogP contribution in [0.2, 0.25) is 0 Å². The van der Waals surface area contributed by atoms with Crippen LogP contribution in [-0.4, -0.2) is 51.0 Å². The smallest absolute Gasteiger partial charge is 0.134 e. The van der Waals surface area contributed by atoms with E-state index >= 15 is 0 Å². The summed E-state index contributed by atoms with van der Waals surface area (Å²) in [5, 5.41) is 21.0. The van der Waals surface area contributed by atoms with Gasteiger partial charge in [0.05, 0.1) is 24.4 Å². The largest absolute Gasteiger partial charge is 0.394 e. The highest BCUT2D eigenvalue weighted by molar-refractivity contribution is 5.78. The number of benzene rings is 1. The first-order valence-electron chi connectivity index (χ1n) is 8.69. The lowest BCUT2D eigenvalue weighted by Crippen LogP contribution is -2.32. The van der Waals surface area contributed by atoms with Gasteiger partial charge in [0.1, 0.15) is 18.0 Å². The first kappa shape index (κ1) is 15.8. The molecule has 0 radical (unpaired) electrons. The van der Waals surface area contributed by atoms with Crippen molar-refractivity contribution >= 4 is 22.5 Å². The third kappa shape index (κ3) is 3.41. The number of aromatic amines is 1. The number of fused-ring (bicyclic) bond motifs is 1. The normalized spacial score (nSPS) is 17.3. The number of H-pyrrole nitrogens is 1. The van der Waals surface area contributed by atoms with Crippen LogP contribution in [0.4, 0.5) is 11.6 Å². The van der Waals surface area contributed by atoms with E-state index in [4.69, 9.17) is 0 Å². The molecule has 1 aliphatic heterocycles. The summed E-state index contributed by atoms with van der Waals surface area (Å²) in [5.74, 6) is 1.70. The second-order valence-electron chi connectivity index (χ2n) is 6.40. The van der Waals surface area contributed by atoms with Gasteiger partial charge in [0.15, 0.2) is 0 Å². The van der Waals surface area contributed by atoms with Gasteiger partial charge in [-0.15, -0.1) is 0 Å². The Labute approximate surface area is 146 Å². The average molecular weight is 338 g/mol. The molecule has 7 heteroatoms. The number of nitrogens with zero attached hydrogens (tertiary/aromatic N) is 4. The van der Waals surface area contributed by atoms with Crippen LogP contribution in [0.5, 0.6) is 0 Å². The highest BCUT2D eigenvalue weighted by Gasteiger charge is 2.25. The molecule has 1 saturated heterocycles. The number of aliphatic hydroxyl groups is 1. The zero-order valence-electron chi connectivity index (χ0n) is 14.0. The molecule has 4 rings (SSSR count). The monoisotopic (exact) mass is 338 g/mol. The fraction of sp³-hybridized carbons (Fsp3) is 0.389. The van der Waals surface area contributed by atoms with Crippen molar-refractivity contribution in [1.82, 2.24) is 20.2 Å². The highest BCUT2D eigenvalue weighted by atomic mass is 16.3. The third-order valence-corrected chi connectivity index (χ3v) is 4.76. The molecule has 0 amide bonds. The number of hydrogen-bond donors (Lipinski definition) is 3. The molecule has 2 aromatic heterocycles. The zero-order chi connectivity index (χ0) is 17.1. The molecule has 7 nitrogen and oxygen atoms in total. The maximum Gasteiger partial charge on any atom is 0.134 e. The first-order valence-corrected chi connectivity index (χ1v) is 8.69. The number of aromatic nitrogens is 4. The molecule has 0 spiro atoms. The molecule has 0 aliphatic carbocycles. The predicted octanol–water partition coefficient (Wildman–Crippen LogP) is 1.97. The van der Waals surface area contributed by atoms with E-state index in [1.165, 1.54) is 5.56 Å². The van der Waals surface area contributed by atoms with Gasteiger partial charge in [-0.3, -0.25) is 5.10 Å². The number of anilines is 2. The van der Waals surface area contributed by atoms with Crippen molar-refractivity contribution < 1.29 is 5.11 Å². The zero-order valence-corrected chi connectivity index (χ0v) is 14.0. The van der Waals surface area contributed by atoms with E-state index in [0.717, 1.165) is 54.9 Å². The Balaban J connectivity index is 1.38. The van der Waals surface area contributed by atoms with Crippen LogP contribution in [0.25, 0.3) is 10.9 Å². The van der Waals surface area contributed by atoms with Gasteiger partial charge in [0.2, 0.25) is 0 Å². The van der Waals surface area contributed by atoms with Crippen LogP contribution < -0.4 is 10.2 Å². The highest BCUT2D eigenvalue weighted by Crippen LogP contribution is 2.24. The van der Waals surface area contributed by atoms with E-state index in [2.05, 4.69) is 48.6 Å². The van der Waals surface area contributed by atoms with Crippen molar-refractivity contribution in [3.05, 3.63) is 42.4 Å². The summed E-state index contributed by atoms with van der Waals surface area (Å²) in [6.07, 6.45) is 6.42. The van der Waals surface area contributed by atoms with Crippen LogP contribution in [0.1, 0.15) is 18.4 Å². The molecule has 0 bridgehead atoms. The molecule has 3 heterocycles. The maximum atomic E-state index is 9.49. The van der Waals surface area contributed by atoms with E-state index in [9.17, 15) is 5.11 Å². The Kier molecular flexibility index (Phi) is 4.47. The molecule has 130 valence electrons. The molecule has 1 aromatic carbocycles. The fourth-order valence-electron chi connectivity index (χ4n) is 3.40. The second kappa shape index (κ2) is 7.06. The van der Waals surface area contributed by atoms with E-state index in [0.29, 0.717) is 0 Å². The minimum atomic E-state index is 0.169. The van der Waals surface area contributed by atoms with Gasteiger partial charge in [-0.25, -0.2) is 9.97 Å². The van der Waals surface area contributed by atoms with Crippen molar-refractivity contribution in [3.8, 4) is 0 Å². The van der Waals surface area contributed by atoms with Gasteiger partial charge >= 0.3 is 0 Å². The summed E-state index contributed by atoms with van der Waals surface area (Å²) in [5.41, 5.74) is 2.31. The van der Waals surface area contributed by atoms with Crippen LogP contribution >= 0.6 is 0 Å². The van der Waals surface area contributed by atoms with E-state index in [1.807, 2.05) is 12.3 Å². The molecule has 0 saturated carbocycles. The number of nitrogens with one attached hydrogen (secondary N) is 2. The number of hydrogen-bond acceptors (Lipinski definition) is 6.